The molecule has 0 aliphatic carbocycles. The lowest BCUT2D eigenvalue weighted by atomic mass is 10.1. The van der Waals surface area contributed by atoms with Gasteiger partial charge in [0.25, 0.3) is 11.6 Å². The molecule has 0 radical (unpaired) electrons. The summed E-state index contributed by atoms with van der Waals surface area (Å²) >= 11 is 0. The predicted molar refractivity (Wildman–Crippen MR) is 75.4 cm³/mol. The Bertz CT molecular complexity index is 636. The molecule has 0 aliphatic rings. The molecule has 20 heavy (non-hydrogen) atoms. The quantitative estimate of drug-likeness (QED) is 0.685. The Morgan fingerprint density at radius 2 is 1.80 bits per heavy atom. The van der Waals surface area contributed by atoms with Gasteiger partial charge in [0.2, 0.25) is 0 Å². The van der Waals surface area contributed by atoms with E-state index in [0.29, 0.717) is 12.1 Å². The molecule has 0 fully saturated rings. The van der Waals surface area contributed by atoms with Crippen molar-refractivity contribution in [2.45, 2.75) is 13.5 Å². The summed E-state index contributed by atoms with van der Waals surface area (Å²) in [5.41, 5.74) is 2.53. The first kappa shape index (κ1) is 13.7. The van der Waals surface area contributed by atoms with E-state index in [1.165, 1.54) is 24.3 Å². The average molecular weight is 270 g/mol. The number of nitrogens with one attached hydrogen (secondary N) is 1. The van der Waals surface area contributed by atoms with Crippen LogP contribution in [0.4, 0.5) is 5.69 Å². The monoisotopic (exact) mass is 270 g/mol. The Hall–Kier alpha value is -2.69. The van der Waals surface area contributed by atoms with E-state index in [-0.39, 0.29) is 11.6 Å². The highest BCUT2D eigenvalue weighted by molar-refractivity contribution is 5.94. The van der Waals surface area contributed by atoms with Crippen LogP contribution in [0.15, 0.2) is 48.5 Å². The third-order valence-electron chi connectivity index (χ3n) is 3.04. The van der Waals surface area contributed by atoms with Gasteiger partial charge in [-0.1, -0.05) is 24.3 Å². The maximum atomic E-state index is 11.9. The van der Waals surface area contributed by atoms with Crippen molar-refractivity contribution in [3.8, 4) is 0 Å². The van der Waals surface area contributed by atoms with E-state index < -0.39 is 4.92 Å². The first-order chi connectivity index (χ1) is 9.58. The van der Waals surface area contributed by atoms with Gasteiger partial charge in [0.1, 0.15) is 0 Å². The number of carbonyl (C=O) groups excluding carboxylic acids is 1. The lowest BCUT2D eigenvalue weighted by molar-refractivity contribution is -0.384. The van der Waals surface area contributed by atoms with Crippen LogP contribution in [0.2, 0.25) is 0 Å². The molecule has 0 aliphatic heterocycles. The van der Waals surface area contributed by atoms with E-state index >= 15 is 0 Å². The molecule has 0 saturated carbocycles. The molecule has 5 nitrogen and oxygen atoms in total. The highest BCUT2D eigenvalue weighted by Gasteiger charge is 2.09. The first-order valence-corrected chi connectivity index (χ1v) is 6.15. The van der Waals surface area contributed by atoms with E-state index in [9.17, 15) is 14.9 Å². The van der Waals surface area contributed by atoms with E-state index in [1.807, 2.05) is 31.2 Å². The molecular weight excluding hydrogens is 256 g/mol. The van der Waals surface area contributed by atoms with Crippen LogP contribution in [0.1, 0.15) is 21.5 Å². The fourth-order valence-electron chi connectivity index (χ4n) is 1.82. The minimum Gasteiger partial charge on any atom is -0.348 e. The van der Waals surface area contributed by atoms with Crippen molar-refractivity contribution in [2.75, 3.05) is 0 Å². The van der Waals surface area contributed by atoms with Crippen LogP contribution < -0.4 is 5.32 Å². The average Bonchev–Trinajstić information content (AvgIpc) is 2.46. The van der Waals surface area contributed by atoms with Crippen LogP contribution in [0.3, 0.4) is 0 Å². The number of carbonyl (C=O) groups is 1. The molecule has 0 saturated heterocycles. The molecule has 0 unspecified atom stereocenters. The lowest BCUT2D eigenvalue weighted by Gasteiger charge is -2.07. The number of hydrogen-bond donors (Lipinski definition) is 1. The zero-order valence-corrected chi connectivity index (χ0v) is 11.0. The fourth-order valence-corrected chi connectivity index (χ4v) is 1.82. The lowest BCUT2D eigenvalue weighted by Crippen LogP contribution is -2.23. The van der Waals surface area contributed by atoms with Gasteiger partial charge in [0.15, 0.2) is 0 Å². The van der Waals surface area contributed by atoms with Gasteiger partial charge < -0.3 is 5.32 Å². The number of nitrogens with zero attached hydrogens (tertiary/aromatic N) is 1. The molecule has 5 heteroatoms. The molecule has 102 valence electrons. The van der Waals surface area contributed by atoms with Crippen molar-refractivity contribution >= 4 is 11.6 Å². The zero-order valence-electron chi connectivity index (χ0n) is 11.0. The number of rotatable bonds is 4. The van der Waals surface area contributed by atoms with Gasteiger partial charge in [0, 0.05) is 24.2 Å². The Labute approximate surface area is 116 Å². The van der Waals surface area contributed by atoms with Gasteiger partial charge in [-0.15, -0.1) is 0 Å². The molecule has 2 aromatic carbocycles. The molecule has 0 heterocycles. The van der Waals surface area contributed by atoms with Crippen molar-refractivity contribution < 1.29 is 9.72 Å². The minimum absolute atomic E-state index is 0.0274. The molecule has 0 spiro atoms. The van der Waals surface area contributed by atoms with Crippen molar-refractivity contribution in [3.63, 3.8) is 0 Å². The van der Waals surface area contributed by atoms with Crippen molar-refractivity contribution in [3.05, 3.63) is 75.3 Å². The van der Waals surface area contributed by atoms with Crippen molar-refractivity contribution in [1.29, 1.82) is 0 Å². The Kier molecular flexibility index (Phi) is 4.10. The molecule has 2 rings (SSSR count). The molecule has 0 bridgehead atoms. The number of nitro benzene ring substituents is 1. The van der Waals surface area contributed by atoms with Gasteiger partial charge in [-0.05, 0) is 30.2 Å². The Morgan fingerprint density at radius 3 is 2.40 bits per heavy atom. The predicted octanol–water partition coefficient (Wildman–Crippen LogP) is 2.83. The number of amides is 1. The molecule has 1 amide bonds. The number of nitro groups is 1. The van der Waals surface area contributed by atoms with Crippen LogP contribution in [0.5, 0.6) is 0 Å². The second-order valence-electron chi connectivity index (χ2n) is 4.41. The summed E-state index contributed by atoms with van der Waals surface area (Å²) in [6.45, 7) is 2.41. The standard InChI is InChI=1S/C15H14N2O3/c1-11-4-2-3-5-13(11)10-16-15(18)12-6-8-14(9-7-12)17(19)20/h2-9H,10H2,1H3,(H,16,18). The normalized spacial score (nSPS) is 10.1. The largest absolute Gasteiger partial charge is 0.348 e. The summed E-state index contributed by atoms with van der Waals surface area (Å²) in [6.07, 6.45) is 0. The molecule has 0 atom stereocenters. The first-order valence-electron chi connectivity index (χ1n) is 6.15. The maximum absolute atomic E-state index is 11.9. The zero-order chi connectivity index (χ0) is 14.5. The second-order valence-corrected chi connectivity index (χ2v) is 4.41. The van der Waals surface area contributed by atoms with Crippen LogP contribution in [0, 0.1) is 17.0 Å². The summed E-state index contributed by atoms with van der Waals surface area (Å²) in [5, 5.41) is 13.3. The third-order valence-corrected chi connectivity index (χ3v) is 3.04. The Balaban J connectivity index is 2.02. The summed E-state index contributed by atoms with van der Waals surface area (Å²) in [4.78, 5) is 22.0. The van der Waals surface area contributed by atoms with Crippen molar-refractivity contribution in [2.24, 2.45) is 0 Å². The van der Waals surface area contributed by atoms with E-state index in [0.717, 1.165) is 11.1 Å². The van der Waals surface area contributed by atoms with Crippen LogP contribution in [0.25, 0.3) is 0 Å². The second kappa shape index (κ2) is 5.97. The fraction of sp³-hybridized carbons (Fsp3) is 0.133. The van der Waals surface area contributed by atoms with Gasteiger partial charge in [-0.25, -0.2) is 0 Å². The van der Waals surface area contributed by atoms with Gasteiger partial charge in [0.05, 0.1) is 4.92 Å². The summed E-state index contributed by atoms with van der Waals surface area (Å²) in [5.74, 6) is -0.247. The van der Waals surface area contributed by atoms with Gasteiger partial charge in [-0.3, -0.25) is 14.9 Å². The summed E-state index contributed by atoms with van der Waals surface area (Å²) in [6, 6.07) is 13.3. The number of non-ortho nitro benzene ring substituents is 1. The van der Waals surface area contributed by atoms with Crippen LogP contribution >= 0.6 is 0 Å². The number of benzene rings is 2. The number of aryl methyl sites for hydroxylation is 1. The molecule has 2 aromatic rings. The molecule has 1 N–H and O–H groups in total. The highest BCUT2D eigenvalue weighted by Crippen LogP contribution is 2.12. The maximum Gasteiger partial charge on any atom is 0.269 e. The van der Waals surface area contributed by atoms with Gasteiger partial charge >= 0.3 is 0 Å². The Morgan fingerprint density at radius 1 is 1.15 bits per heavy atom. The topological polar surface area (TPSA) is 72.2 Å². The minimum atomic E-state index is -0.491. The van der Waals surface area contributed by atoms with Crippen LogP contribution in [-0.4, -0.2) is 10.8 Å². The smallest absolute Gasteiger partial charge is 0.269 e. The van der Waals surface area contributed by atoms with Crippen molar-refractivity contribution in [1.82, 2.24) is 5.32 Å². The number of hydrogen-bond acceptors (Lipinski definition) is 3. The third kappa shape index (κ3) is 3.20. The summed E-state index contributed by atoms with van der Waals surface area (Å²) in [7, 11) is 0. The SMILES string of the molecule is Cc1ccccc1CNC(=O)c1ccc([N+](=O)[O-])cc1. The van der Waals surface area contributed by atoms with E-state index in [4.69, 9.17) is 0 Å². The molecular formula is C15H14N2O3. The molecule has 0 aromatic heterocycles. The summed E-state index contributed by atoms with van der Waals surface area (Å²) < 4.78 is 0. The van der Waals surface area contributed by atoms with Crippen LogP contribution in [-0.2, 0) is 6.54 Å². The van der Waals surface area contributed by atoms with E-state index in [2.05, 4.69) is 5.32 Å². The van der Waals surface area contributed by atoms with Gasteiger partial charge in [-0.2, -0.15) is 0 Å². The highest BCUT2D eigenvalue weighted by atomic mass is 16.6. The van der Waals surface area contributed by atoms with E-state index in [1.54, 1.807) is 0 Å².